The van der Waals surface area contributed by atoms with Crippen molar-refractivity contribution in [1.82, 2.24) is 4.98 Å². The molecule has 2 aromatic rings. The molecule has 0 amide bonds. The second-order valence-electron chi connectivity index (χ2n) is 4.78. The summed E-state index contributed by atoms with van der Waals surface area (Å²) >= 11 is 0. The highest BCUT2D eigenvalue weighted by Gasteiger charge is 2.19. The molecule has 1 aromatic carbocycles. The Bertz CT molecular complexity index is 499. The summed E-state index contributed by atoms with van der Waals surface area (Å²) in [4.78, 5) is 3.18. The minimum Gasteiger partial charge on any atom is -0.542 e. The van der Waals surface area contributed by atoms with Crippen LogP contribution in [0, 0.1) is 0 Å². The second-order valence-corrected chi connectivity index (χ2v) is 9.21. The van der Waals surface area contributed by atoms with E-state index >= 15 is 0 Å². The monoisotopic (exact) mass is 235 g/mol. The van der Waals surface area contributed by atoms with Gasteiger partial charge in [0.15, 0.2) is 5.75 Å². The van der Waals surface area contributed by atoms with E-state index in [0.29, 0.717) is 0 Å². The van der Waals surface area contributed by atoms with E-state index in [1.165, 1.54) is 0 Å². The molecule has 1 aromatic heterocycles. The van der Waals surface area contributed by atoms with Crippen molar-refractivity contribution in [1.29, 1.82) is 0 Å². The zero-order valence-corrected chi connectivity index (χ0v) is 11.1. The summed E-state index contributed by atoms with van der Waals surface area (Å²) in [6.45, 7) is 6.47. The fourth-order valence-electron chi connectivity index (χ4n) is 1.63. The number of rotatable bonds is 3. The molecular formula is C12H17NO2Si. The molecule has 4 heteroatoms. The van der Waals surface area contributed by atoms with Crippen molar-refractivity contribution in [2.24, 2.45) is 0 Å². The third kappa shape index (κ3) is 2.22. The maximum Gasteiger partial charge on any atom is 0.242 e. The number of fused-ring (bicyclic) bond motifs is 1. The Morgan fingerprint density at radius 1 is 1.12 bits per heavy atom. The van der Waals surface area contributed by atoms with E-state index in [0.717, 1.165) is 22.4 Å². The van der Waals surface area contributed by atoms with Gasteiger partial charge in [-0.1, -0.05) is 0 Å². The predicted molar refractivity (Wildman–Crippen MR) is 68.8 cm³/mol. The number of hydrogen-bond acceptors (Lipinski definition) is 2. The van der Waals surface area contributed by atoms with Gasteiger partial charge in [-0.25, -0.2) is 0 Å². The summed E-state index contributed by atoms with van der Waals surface area (Å²) in [6, 6.07) is 6.03. The van der Waals surface area contributed by atoms with Crippen molar-refractivity contribution in [3.05, 3.63) is 24.4 Å². The van der Waals surface area contributed by atoms with Crippen molar-refractivity contribution in [3.63, 3.8) is 0 Å². The summed E-state index contributed by atoms with van der Waals surface area (Å²) in [5.74, 6) is 1.63. The van der Waals surface area contributed by atoms with Crippen molar-refractivity contribution >= 4 is 19.2 Å². The molecule has 0 saturated carbocycles. The number of ether oxygens (including phenoxy) is 1. The van der Waals surface area contributed by atoms with Gasteiger partial charge in [-0.3, -0.25) is 0 Å². The van der Waals surface area contributed by atoms with Crippen LogP contribution in [0.5, 0.6) is 11.5 Å². The highest BCUT2D eigenvalue weighted by molar-refractivity contribution is 6.70. The first-order valence-corrected chi connectivity index (χ1v) is 8.74. The van der Waals surface area contributed by atoms with Crippen LogP contribution in [-0.4, -0.2) is 20.4 Å². The molecule has 1 N–H and O–H groups in total. The van der Waals surface area contributed by atoms with Gasteiger partial charge in [0.1, 0.15) is 5.75 Å². The van der Waals surface area contributed by atoms with E-state index < -0.39 is 8.32 Å². The molecule has 0 aliphatic heterocycles. The number of aromatic amines is 1. The molecule has 86 valence electrons. The van der Waals surface area contributed by atoms with E-state index in [-0.39, 0.29) is 0 Å². The molecule has 0 fully saturated rings. The van der Waals surface area contributed by atoms with Gasteiger partial charge < -0.3 is 14.1 Å². The van der Waals surface area contributed by atoms with Crippen LogP contribution in [0.25, 0.3) is 10.9 Å². The van der Waals surface area contributed by atoms with Crippen LogP contribution in [0.4, 0.5) is 0 Å². The Morgan fingerprint density at radius 2 is 1.88 bits per heavy atom. The van der Waals surface area contributed by atoms with Crippen LogP contribution in [0.15, 0.2) is 24.4 Å². The normalized spacial score (nSPS) is 11.8. The van der Waals surface area contributed by atoms with Gasteiger partial charge in [-0.15, -0.1) is 0 Å². The summed E-state index contributed by atoms with van der Waals surface area (Å²) in [5, 5.41) is 1.14. The van der Waals surface area contributed by atoms with Crippen LogP contribution in [0.2, 0.25) is 19.6 Å². The number of benzene rings is 1. The third-order valence-corrected chi connectivity index (χ3v) is 3.09. The van der Waals surface area contributed by atoms with Crippen molar-refractivity contribution < 1.29 is 9.16 Å². The molecule has 0 atom stereocenters. The van der Waals surface area contributed by atoms with E-state index in [1.54, 1.807) is 7.11 Å². The van der Waals surface area contributed by atoms with Gasteiger partial charge in [0, 0.05) is 23.2 Å². The molecule has 16 heavy (non-hydrogen) atoms. The Balaban J connectivity index is 2.48. The molecule has 0 bridgehead atoms. The molecule has 0 aliphatic carbocycles. The Labute approximate surface area is 96.5 Å². The van der Waals surface area contributed by atoms with Crippen LogP contribution in [0.3, 0.4) is 0 Å². The van der Waals surface area contributed by atoms with Crippen LogP contribution in [0.1, 0.15) is 0 Å². The molecular weight excluding hydrogens is 218 g/mol. The fraction of sp³-hybridized carbons (Fsp3) is 0.333. The average molecular weight is 235 g/mol. The van der Waals surface area contributed by atoms with Crippen LogP contribution in [-0.2, 0) is 0 Å². The lowest BCUT2D eigenvalue weighted by Crippen LogP contribution is -2.29. The molecule has 0 unspecified atom stereocenters. The van der Waals surface area contributed by atoms with E-state index in [1.807, 2.05) is 24.4 Å². The first-order valence-electron chi connectivity index (χ1n) is 5.34. The first-order chi connectivity index (χ1) is 7.49. The summed E-state index contributed by atoms with van der Waals surface area (Å²) in [5.41, 5.74) is 1.08. The second kappa shape index (κ2) is 3.86. The van der Waals surface area contributed by atoms with Crippen LogP contribution >= 0.6 is 0 Å². The maximum absolute atomic E-state index is 6.00. The lowest BCUT2D eigenvalue weighted by Gasteiger charge is -2.21. The van der Waals surface area contributed by atoms with E-state index in [9.17, 15) is 0 Å². The molecule has 1 heterocycles. The predicted octanol–water partition coefficient (Wildman–Crippen LogP) is 3.39. The smallest absolute Gasteiger partial charge is 0.242 e. The zero-order chi connectivity index (χ0) is 11.8. The van der Waals surface area contributed by atoms with Gasteiger partial charge >= 0.3 is 0 Å². The lowest BCUT2D eigenvalue weighted by molar-refractivity contribution is 0.393. The maximum atomic E-state index is 6.00. The zero-order valence-electron chi connectivity index (χ0n) is 10.1. The highest BCUT2D eigenvalue weighted by Crippen LogP contribution is 2.33. The highest BCUT2D eigenvalue weighted by atomic mass is 28.4. The minimum atomic E-state index is -1.61. The van der Waals surface area contributed by atoms with Crippen molar-refractivity contribution in [3.8, 4) is 11.5 Å². The average Bonchev–Trinajstić information content (AvgIpc) is 2.60. The number of nitrogens with one attached hydrogen (secondary N) is 1. The lowest BCUT2D eigenvalue weighted by atomic mass is 10.2. The number of aromatic nitrogens is 1. The largest absolute Gasteiger partial charge is 0.542 e. The summed E-state index contributed by atoms with van der Waals surface area (Å²) < 4.78 is 11.3. The first kappa shape index (κ1) is 11.1. The van der Waals surface area contributed by atoms with E-state index in [4.69, 9.17) is 9.16 Å². The van der Waals surface area contributed by atoms with Gasteiger partial charge in [0.25, 0.3) is 0 Å². The third-order valence-electron chi connectivity index (χ3n) is 2.25. The molecule has 3 nitrogen and oxygen atoms in total. The van der Waals surface area contributed by atoms with Gasteiger partial charge in [0.2, 0.25) is 8.32 Å². The molecule has 0 saturated heterocycles. The fourth-order valence-corrected chi connectivity index (χ4v) is 2.45. The Hall–Kier alpha value is -1.42. The van der Waals surface area contributed by atoms with Crippen LogP contribution < -0.4 is 9.16 Å². The topological polar surface area (TPSA) is 34.2 Å². The van der Waals surface area contributed by atoms with Gasteiger partial charge in [-0.2, -0.15) is 0 Å². The summed E-state index contributed by atoms with van der Waals surface area (Å²) in [6.07, 6.45) is 1.92. The summed E-state index contributed by atoms with van der Waals surface area (Å²) in [7, 11) is 0.0650. The molecule has 0 radical (unpaired) electrons. The number of hydrogen-bond donors (Lipinski definition) is 1. The van der Waals surface area contributed by atoms with E-state index in [2.05, 4.69) is 24.6 Å². The Kier molecular flexibility index (Phi) is 2.67. The number of H-pyrrole nitrogens is 1. The van der Waals surface area contributed by atoms with Gasteiger partial charge in [-0.05, 0) is 31.8 Å². The number of methoxy groups -OCH3 is 1. The Morgan fingerprint density at radius 3 is 2.50 bits per heavy atom. The van der Waals surface area contributed by atoms with Crippen molar-refractivity contribution in [2.45, 2.75) is 19.6 Å². The van der Waals surface area contributed by atoms with Gasteiger partial charge in [0.05, 0.1) is 7.11 Å². The SMILES string of the molecule is COc1cc2cc[nH]c2cc1O[Si](C)(C)C. The molecule has 0 spiro atoms. The molecule has 2 rings (SSSR count). The molecule has 0 aliphatic rings. The quantitative estimate of drug-likeness (QED) is 0.827. The van der Waals surface area contributed by atoms with Crippen molar-refractivity contribution in [2.75, 3.05) is 7.11 Å². The minimum absolute atomic E-state index is 0.800. The standard InChI is InChI=1S/C12H17NO2Si/c1-14-11-7-9-5-6-13-10(9)8-12(11)15-16(2,3)4/h5-8,13H,1-4H3.